The first-order valence-corrected chi connectivity index (χ1v) is 8.70. The molecule has 0 aromatic heterocycles. The molecule has 1 heterocycles. The van der Waals surface area contributed by atoms with Crippen LogP contribution in [-0.4, -0.2) is 36.0 Å². The van der Waals surface area contributed by atoms with E-state index in [9.17, 15) is 14.0 Å². The highest BCUT2D eigenvalue weighted by Gasteiger charge is 2.30. The molecule has 136 valence electrons. The van der Waals surface area contributed by atoms with Crippen LogP contribution in [0.5, 0.6) is 0 Å². The lowest BCUT2D eigenvalue weighted by molar-refractivity contribution is -0.128. The van der Waals surface area contributed by atoms with Crippen LogP contribution in [0.15, 0.2) is 54.6 Å². The number of likely N-dealkylation sites (tertiary alicyclic amines) is 1. The minimum absolute atomic E-state index is 0.0407. The summed E-state index contributed by atoms with van der Waals surface area (Å²) >= 11 is 0. The molecule has 1 aliphatic rings. The highest BCUT2D eigenvalue weighted by atomic mass is 19.1. The van der Waals surface area contributed by atoms with E-state index in [2.05, 4.69) is 10.6 Å². The monoisotopic (exact) mass is 355 g/mol. The maximum absolute atomic E-state index is 13.1. The highest BCUT2D eigenvalue weighted by molar-refractivity contribution is 5.81. The largest absolute Gasteiger partial charge is 0.338 e. The van der Waals surface area contributed by atoms with Gasteiger partial charge in [0.05, 0.1) is 6.04 Å². The number of nitrogens with zero attached hydrogens (tertiary/aromatic N) is 1. The lowest BCUT2D eigenvalue weighted by atomic mass is 10.1. The second kappa shape index (κ2) is 8.47. The van der Waals surface area contributed by atoms with E-state index in [0.717, 1.165) is 11.1 Å². The standard InChI is InChI=1S/C20H22FN3O2/c21-17-8-4-7-15(11-17)9-10-22-20(26)23-18-12-19(25)24(14-18)13-16-5-2-1-3-6-16/h1-8,11,18H,9-10,12-14H2,(H2,22,23,26). The maximum Gasteiger partial charge on any atom is 0.315 e. The van der Waals surface area contributed by atoms with Crippen LogP contribution in [0.3, 0.4) is 0 Å². The van der Waals surface area contributed by atoms with Gasteiger partial charge in [-0.05, 0) is 29.7 Å². The van der Waals surface area contributed by atoms with Crippen molar-refractivity contribution in [3.05, 3.63) is 71.5 Å². The molecular formula is C20H22FN3O2. The van der Waals surface area contributed by atoms with Gasteiger partial charge in [0, 0.05) is 26.1 Å². The summed E-state index contributed by atoms with van der Waals surface area (Å²) in [7, 11) is 0. The Morgan fingerprint density at radius 1 is 1.12 bits per heavy atom. The first-order chi connectivity index (χ1) is 12.6. The minimum atomic E-state index is -0.305. The van der Waals surface area contributed by atoms with Gasteiger partial charge in [-0.3, -0.25) is 4.79 Å². The Morgan fingerprint density at radius 3 is 2.65 bits per heavy atom. The number of rotatable bonds is 6. The van der Waals surface area contributed by atoms with Crippen LogP contribution in [0.1, 0.15) is 17.5 Å². The Kier molecular flexibility index (Phi) is 5.84. The highest BCUT2D eigenvalue weighted by Crippen LogP contribution is 2.15. The number of nitrogens with one attached hydrogen (secondary N) is 2. The molecule has 0 saturated carbocycles. The first kappa shape index (κ1) is 17.9. The van der Waals surface area contributed by atoms with Crippen molar-refractivity contribution in [2.24, 2.45) is 0 Å². The van der Waals surface area contributed by atoms with Gasteiger partial charge in [-0.2, -0.15) is 0 Å². The smallest absolute Gasteiger partial charge is 0.315 e. The van der Waals surface area contributed by atoms with Crippen molar-refractivity contribution in [1.29, 1.82) is 0 Å². The van der Waals surface area contributed by atoms with Gasteiger partial charge in [0.2, 0.25) is 5.91 Å². The Morgan fingerprint density at radius 2 is 1.88 bits per heavy atom. The number of hydrogen-bond donors (Lipinski definition) is 2. The average Bonchev–Trinajstić information content (AvgIpc) is 2.95. The van der Waals surface area contributed by atoms with Crippen molar-refractivity contribution in [3.63, 3.8) is 0 Å². The van der Waals surface area contributed by atoms with Crippen molar-refractivity contribution in [3.8, 4) is 0 Å². The van der Waals surface area contributed by atoms with Gasteiger partial charge in [-0.1, -0.05) is 42.5 Å². The maximum atomic E-state index is 13.1. The number of carbonyl (C=O) groups is 2. The molecule has 0 spiro atoms. The molecule has 2 aromatic rings. The van der Waals surface area contributed by atoms with E-state index in [0.29, 0.717) is 32.5 Å². The molecule has 5 nitrogen and oxygen atoms in total. The summed E-state index contributed by atoms with van der Waals surface area (Å²) in [5.74, 6) is -0.242. The van der Waals surface area contributed by atoms with Crippen LogP contribution in [0.2, 0.25) is 0 Å². The predicted octanol–water partition coefficient (Wildman–Crippen LogP) is 2.47. The van der Waals surface area contributed by atoms with Crippen LogP contribution in [0.4, 0.5) is 9.18 Å². The van der Waals surface area contributed by atoms with Gasteiger partial charge >= 0.3 is 6.03 Å². The van der Waals surface area contributed by atoms with Crippen LogP contribution >= 0.6 is 0 Å². The lowest BCUT2D eigenvalue weighted by Crippen LogP contribution is -2.43. The molecular weight excluding hydrogens is 333 g/mol. The number of benzene rings is 2. The number of urea groups is 1. The van der Waals surface area contributed by atoms with Crippen molar-refractivity contribution in [2.75, 3.05) is 13.1 Å². The topological polar surface area (TPSA) is 61.4 Å². The summed E-state index contributed by atoms with van der Waals surface area (Å²) in [6.45, 7) is 1.47. The fourth-order valence-electron chi connectivity index (χ4n) is 3.07. The van der Waals surface area contributed by atoms with E-state index in [-0.39, 0.29) is 23.8 Å². The van der Waals surface area contributed by atoms with Gasteiger partial charge in [-0.25, -0.2) is 9.18 Å². The molecule has 3 amide bonds. The summed E-state index contributed by atoms with van der Waals surface area (Å²) < 4.78 is 13.1. The zero-order valence-corrected chi connectivity index (χ0v) is 14.5. The molecule has 0 radical (unpaired) electrons. The fraction of sp³-hybridized carbons (Fsp3) is 0.300. The van der Waals surface area contributed by atoms with Crippen LogP contribution in [0, 0.1) is 5.82 Å². The summed E-state index contributed by atoms with van der Waals surface area (Å²) in [5.41, 5.74) is 1.90. The van der Waals surface area contributed by atoms with E-state index in [1.165, 1.54) is 12.1 Å². The third kappa shape index (κ3) is 5.05. The number of carbonyl (C=O) groups excluding carboxylic acids is 2. The number of amides is 3. The van der Waals surface area contributed by atoms with Gasteiger partial charge < -0.3 is 15.5 Å². The van der Waals surface area contributed by atoms with E-state index >= 15 is 0 Å². The third-order valence-electron chi connectivity index (χ3n) is 4.35. The van der Waals surface area contributed by atoms with Gasteiger partial charge in [0.25, 0.3) is 0 Å². The minimum Gasteiger partial charge on any atom is -0.338 e. The van der Waals surface area contributed by atoms with E-state index in [1.54, 1.807) is 11.0 Å². The molecule has 1 fully saturated rings. The zero-order valence-electron chi connectivity index (χ0n) is 14.5. The Hall–Kier alpha value is -2.89. The van der Waals surface area contributed by atoms with Gasteiger partial charge in [0.1, 0.15) is 5.82 Å². The Bertz CT molecular complexity index is 767. The molecule has 1 aliphatic heterocycles. The SMILES string of the molecule is O=C(NCCc1cccc(F)c1)NC1CC(=O)N(Cc2ccccc2)C1. The summed E-state index contributed by atoms with van der Waals surface area (Å²) in [6.07, 6.45) is 0.860. The lowest BCUT2D eigenvalue weighted by Gasteiger charge is -2.17. The molecule has 3 rings (SSSR count). The van der Waals surface area contributed by atoms with E-state index in [4.69, 9.17) is 0 Å². The molecule has 2 aromatic carbocycles. The second-order valence-corrected chi connectivity index (χ2v) is 6.44. The average molecular weight is 355 g/mol. The quantitative estimate of drug-likeness (QED) is 0.836. The molecule has 1 saturated heterocycles. The summed E-state index contributed by atoms with van der Waals surface area (Å²) in [4.78, 5) is 25.9. The third-order valence-corrected chi connectivity index (χ3v) is 4.35. The summed E-state index contributed by atoms with van der Waals surface area (Å²) in [6, 6.07) is 15.6. The molecule has 1 atom stereocenters. The molecule has 6 heteroatoms. The zero-order chi connectivity index (χ0) is 18.4. The molecule has 26 heavy (non-hydrogen) atoms. The normalized spacial score (nSPS) is 16.6. The Balaban J connectivity index is 1.41. The predicted molar refractivity (Wildman–Crippen MR) is 96.9 cm³/mol. The van der Waals surface area contributed by atoms with Gasteiger partial charge in [0.15, 0.2) is 0 Å². The number of hydrogen-bond acceptors (Lipinski definition) is 2. The van der Waals surface area contributed by atoms with Gasteiger partial charge in [-0.15, -0.1) is 0 Å². The van der Waals surface area contributed by atoms with Crippen molar-refractivity contribution >= 4 is 11.9 Å². The molecule has 0 bridgehead atoms. The fourth-order valence-corrected chi connectivity index (χ4v) is 3.07. The summed E-state index contributed by atoms with van der Waals surface area (Å²) in [5, 5.41) is 5.59. The van der Waals surface area contributed by atoms with Crippen molar-refractivity contribution < 1.29 is 14.0 Å². The Labute approximate surface area is 152 Å². The number of halogens is 1. The van der Waals surface area contributed by atoms with E-state index < -0.39 is 0 Å². The molecule has 0 aliphatic carbocycles. The molecule has 1 unspecified atom stereocenters. The van der Waals surface area contributed by atoms with Crippen LogP contribution in [-0.2, 0) is 17.8 Å². The van der Waals surface area contributed by atoms with Crippen molar-refractivity contribution in [1.82, 2.24) is 15.5 Å². The van der Waals surface area contributed by atoms with Crippen LogP contribution < -0.4 is 10.6 Å². The first-order valence-electron chi connectivity index (χ1n) is 8.70. The second-order valence-electron chi connectivity index (χ2n) is 6.44. The molecule has 2 N–H and O–H groups in total. The van der Waals surface area contributed by atoms with Crippen LogP contribution in [0.25, 0.3) is 0 Å². The van der Waals surface area contributed by atoms with E-state index in [1.807, 2.05) is 36.4 Å². The van der Waals surface area contributed by atoms with Crippen molar-refractivity contribution in [2.45, 2.75) is 25.4 Å².